The molecule has 66 valence electrons. The second kappa shape index (κ2) is 3.42. The van der Waals surface area contributed by atoms with Gasteiger partial charge in [0.15, 0.2) is 0 Å². The van der Waals surface area contributed by atoms with Crippen LogP contribution in [-0.2, 0) is 0 Å². The Morgan fingerprint density at radius 3 is 2.77 bits per heavy atom. The van der Waals surface area contributed by atoms with Crippen LogP contribution in [0.2, 0.25) is 5.02 Å². The summed E-state index contributed by atoms with van der Waals surface area (Å²) in [5.74, 6) is 0. The molecule has 3 heteroatoms. The first-order valence-electron chi connectivity index (χ1n) is 3.88. The van der Waals surface area contributed by atoms with Crippen LogP contribution >= 0.6 is 34.2 Å². The third-order valence-electron chi connectivity index (χ3n) is 2.00. The van der Waals surface area contributed by atoms with Crippen LogP contribution in [0.1, 0.15) is 5.56 Å². The van der Waals surface area contributed by atoms with Crippen molar-refractivity contribution in [2.24, 2.45) is 0 Å². The van der Waals surface area contributed by atoms with Crippen molar-refractivity contribution in [2.45, 2.75) is 6.92 Å². The van der Waals surface area contributed by atoms with Crippen molar-refractivity contribution < 1.29 is 0 Å². The standard InChI is InChI=1S/C10H7ClIN/c1-6-2-7(11)3-8-9(6)4-13-5-10(8)12/h2-5H,1H3. The van der Waals surface area contributed by atoms with Crippen LogP contribution in [0.15, 0.2) is 24.5 Å². The molecular weight excluding hydrogens is 296 g/mol. The van der Waals surface area contributed by atoms with Crippen molar-refractivity contribution in [2.75, 3.05) is 0 Å². The second-order valence-electron chi connectivity index (χ2n) is 2.94. The fourth-order valence-corrected chi connectivity index (χ4v) is 2.25. The molecule has 0 bridgehead atoms. The summed E-state index contributed by atoms with van der Waals surface area (Å²) in [5.41, 5.74) is 1.17. The Hall–Kier alpha value is -0.350. The maximum absolute atomic E-state index is 5.97. The van der Waals surface area contributed by atoms with Gasteiger partial charge < -0.3 is 0 Å². The van der Waals surface area contributed by atoms with Crippen LogP contribution in [0.4, 0.5) is 0 Å². The molecule has 0 aliphatic heterocycles. The smallest absolute Gasteiger partial charge is 0.0415 e. The van der Waals surface area contributed by atoms with Crippen molar-refractivity contribution in [1.82, 2.24) is 4.98 Å². The highest BCUT2D eigenvalue weighted by Crippen LogP contribution is 2.26. The Kier molecular flexibility index (Phi) is 2.43. The zero-order valence-electron chi connectivity index (χ0n) is 7.01. The van der Waals surface area contributed by atoms with Gasteiger partial charge in [0.05, 0.1) is 0 Å². The number of hydrogen-bond donors (Lipinski definition) is 0. The fourth-order valence-electron chi connectivity index (χ4n) is 1.37. The van der Waals surface area contributed by atoms with Gasteiger partial charge in [0.1, 0.15) is 0 Å². The number of aromatic nitrogens is 1. The fraction of sp³-hybridized carbons (Fsp3) is 0.100. The molecule has 1 aromatic heterocycles. The van der Waals surface area contributed by atoms with E-state index in [1.54, 1.807) is 0 Å². The summed E-state index contributed by atoms with van der Waals surface area (Å²) in [4.78, 5) is 4.15. The highest BCUT2D eigenvalue weighted by molar-refractivity contribution is 14.1. The highest BCUT2D eigenvalue weighted by atomic mass is 127. The van der Waals surface area contributed by atoms with E-state index in [-0.39, 0.29) is 0 Å². The van der Waals surface area contributed by atoms with Gasteiger partial charge in [-0.1, -0.05) is 11.6 Å². The van der Waals surface area contributed by atoms with Crippen LogP contribution in [0.3, 0.4) is 0 Å². The van der Waals surface area contributed by atoms with Gasteiger partial charge >= 0.3 is 0 Å². The van der Waals surface area contributed by atoms with Crippen LogP contribution in [0, 0.1) is 10.5 Å². The monoisotopic (exact) mass is 303 g/mol. The first kappa shape index (κ1) is 9.21. The number of rotatable bonds is 0. The van der Waals surface area contributed by atoms with E-state index in [1.165, 1.54) is 16.3 Å². The predicted molar refractivity (Wildman–Crippen MR) is 64.2 cm³/mol. The quantitative estimate of drug-likeness (QED) is 0.675. The first-order chi connectivity index (χ1) is 6.18. The molecule has 0 radical (unpaired) electrons. The zero-order chi connectivity index (χ0) is 9.42. The molecule has 0 aliphatic carbocycles. The molecule has 0 amide bonds. The van der Waals surface area contributed by atoms with E-state index >= 15 is 0 Å². The molecule has 0 unspecified atom stereocenters. The third kappa shape index (κ3) is 1.65. The Morgan fingerprint density at radius 2 is 2.00 bits per heavy atom. The summed E-state index contributed by atoms with van der Waals surface area (Å²) >= 11 is 8.24. The highest BCUT2D eigenvalue weighted by Gasteiger charge is 2.02. The topological polar surface area (TPSA) is 12.9 Å². The van der Waals surface area contributed by atoms with Crippen molar-refractivity contribution in [3.05, 3.63) is 38.7 Å². The second-order valence-corrected chi connectivity index (χ2v) is 4.54. The van der Waals surface area contributed by atoms with Gasteiger partial charge in [0.25, 0.3) is 0 Å². The van der Waals surface area contributed by atoms with Crippen LogP contribution in [-0.4, -0.2) is 4.98 Å². The molecule has 2 rings (SSSR count). The lowest BCUT2D eigenvalue weighted by molar-refractivity contribution is 1.33. The maximum Gasteiger partial charge on any atom is 0.0415 e. The summed E-state index contributed by atoms with van der Waals surface area (Å²) < 4.78 is 1.14. The molecule has 0 atom stereocenters. The van der Waals surface area contributed by atoms with Gasteiger partial charge in [0, 0.05) is 26.4 Å². The Morgan fingerprint density at radius 1 is 1.23 bits per heavy atom. The van der Waals surface area contributed by atoms with Crippen molar-refractivity contribution in [1.29, 1.82) is 0 Å². The predicted octanol–water partition coefficient (Wildman–Crippen LogP) is 3.80. The Balaban J connectivity index is 2.94. The van der Waals surface area contributed by atoms with Crippen LogP contribution < -0.4 is 0 Å². The number of benzene rings is 1. The number of fused-ring (bicyclic) bond motifs is 1. The van der Waals surface area contributed by atoms with Gasteiger partial charge in [-0.2, -0.15) is 0 Å². The molecule has 13 heavy (non-hydrogen) atoms. The third-order valence-corrected chi connectivity index (χ3v) is 3.08. The lowest BCUT2D eigenvalue weighted by atomic mass is 10.1. The average Bonchev–Trinajstić information content (AvgIpc) is 2.07. The van der Waals surface area contributed by atoms with Crippen molar-refractivity contribution in [3.8, 4) is 0 Å². The molecule has 2 aromatic rings. The molecule has 0 N–H and O–H groups in total. The minimum absolute atomic E-state index is 0.786. The largest absolute Gasteiger partial charge is 0.263 e. The molecule has 0 saturated heterocycles. The van der Waals surface area contributed by atoms with Gasteiger partial charge in [0.2, 0.25) is 0 Å². The van der Waals surface area contributed by atoms with Gasteiger partial charge in [-0.05, 0) is 52.6 Å². The summed E-state index contributed by atoms with van der Waals surface area (Å²) in [6.07, 6.45) is 3.72. The van der Waals surface area contributed by atoms with E-state index in [0.717, 1.165) is 8.59 Å². The molecule has 0 fully saturated rings. The lowest BCUT2D eigenvalue weighted by Crippen LogP contribution is -1.84. The van der Waals surface area contributed by atoms with E-state index in [0.29, 0.717) is 0 Å². The summed E-state index contributed by atoms with van der Waals surface area (Å²) in [6, 6.07) is 3.94. The zero-order valence-corrected chi connectivity index (χ0v) is 9.93. The maximum atomic E-state index is 5.97. The molecule has 1 heterocycles. The van der Waals surface area contributed by atoms with Gasteiger partial charge in [-0.15, -0.1) is 0 Å². The molecule has 1 aromatic carbocycles. The molecule has 0 aliphatic rings. The minimum atomic E-state index is 0.786. The van der Waals surface area contributed by atoms with Crippen LogP contribution in [0.25, 0.3) is 10.8 Å². The molecule has 0 spiro atoms. The lowest BCUT2D eigenvalue weighted by Gasteiger charge is -2.03. The number of hydrogen-bond acceptors (Lipinski definition) is 1. The van der Waals surface area contributed by atoms with Crippen molar-refractivity contribution >= 4 is 45.0 Å². The normalized spacial score (nSPS) is 10.7. The summed E-state index contributed by atoms with van der Waals surface area (Å²) in [6.45, 7) is 2.05. The van der Waals surface area contributed by atoms with E-state index in [4.69, 9.17) is 11.6 Å². The molecule has 1 nitrogen and oxygen atoms in total. The van der Waals surface area contributed by atoms with E-state index in [1.807, 2.05) is 31.5 Å². The van der Waals surface area contributed by atoms with Crippen molar-refractivity contribution in [3.63, 3.8) is 0 Å². The number of aryl methyl sites for hydroxylation is 1. The molecule has 0 saturated carbocycles. The average molecular weight is 304 g/mol. The number of nitrogens with zero attached hydrogens (tertiary/aromatic N) is 1. The van der Waals surface area contributed by atoms with E-state index in [2.05, 4.69) is 27.6 Å². The van der Waals surface area contributed by atoms with Gasteiger partial charge in [-0.3, -0.25) is 4.98 Å². The first-order valence-corrected chi connectivity index (χ1v) is 5.33. The minimum Gasteiger partial charge on any atom is -0.263 e. The number of pyridine rings is 1. The number of halogens is 2. The summed E-state index contributed by atoms with van der Waals surface area (Å²) in [7, 11) is 0. The van der Waals surface area contributed by atoms with E-state index in [9.17, 15) is 0 Å². The summed E-state index contributed by atoms with van der Waals surface area (Å²) in [5, 5.41) is 3.14. The molecular formula is C10H7ClIN. The van der Waals surface area contributed by atoms with Crippen LogP contribution in [0.5, 0.6) is 0 Å². The van der Waals surface area contributed by atoms with Gasteiger partial charge in [-0.25, -0.2) is 0 Å². The Bertz CT molecular complexity index is 468. The Labute approximate surface area is 95.3 Å². The SMILES string of the molecule is Cc1cc(Cl)cc2c(I)cncc12. The van der Waals surface area contributed by atoms with E-state index < -0.39 is 0 Å².